The Hall–Kier alpha value is -1.37. The molecule has 0 aromatic carbocycles. The van der Waals surface area contributed by atoms with Gasteiger partial charge in [-0.2, -0.15) is 18.3 Å². The molecule has 0 bridgehead atoms. The molecule has 0 amide bonds. The molecule has 90 valence electrons. The molecule has 16 heavy (non-hydrogen) atoms. The molecule has 0 spiro atoms. The van der Waals surface area contributed by atoms with Crippen LogP contribution in [0.4, 0.5) is 13.2 Å². The molecule has 1 aromatic heterocycles. The zero-order valence-electron chi connectivity index (χ0n) is 8.78. The molecular formula is C9H11F3N2O2. The van der Waals surface area contributed by atoms with Crippen LogP contribution in [0.15, 0.2) is 6.07 Å². The van der Waals surface area contributed by atoms with Gasteiger partial charge in [0, 0.05) is 6.61 Å². The van der Waals surface area contributed by atoms with Crippen LogP contribution in [0.3, 0.4) is 0 Å². The molecule has 0 radical (unpaired) electrons. The number of rotatable bonds is 4. The molecule has 1 atom stereocenters. The second-order valence-electron chi connectivity index (χ2n) is 3.07. The van der Waals surface area contributed by atoms with Crippen LogP contribution < -0.4 is 0 Å². The Morgan fingerprint density at radius 1 is 1.62 bits per heavy atom. The largest absolute Gasteiger partial charge is 0.435 e. The third-order valence-electron chi connectivity index (χ3n) is 1.93. The summed E-state index contributed by atoms with van der Waals surface area (Å²) in [6.07, 6.45) is -4.95. The summed E-state index contributed by atoms with van der Waals surface area (Å²) in [5.41, 5.74) is -1.26. The van der Waals surface area contributed by atoms with E-state index in [9.17, 15) is 18.0 Å². The highest BCUT2D eigenvalue weighted by molar-refractivity contribution is 5.72. The highest BCUT2D eigenvalue weighted by Gasteiger charge is 2.35. The summed E-state index contributed by atoms with van der Waals surface area (Å²) >= 11 is 0. The molecule has 0 aliphatic carbocycles. The highest BCUT2D eigenvalue weighted by Crippen LogP contribution is 2.29. The summed E-state index contributed by atoms with van der Waals surface area (Å²) in [5, 5.41) is 3.31. The van der Waals surface area contributed by atoms with Crippen molar-refractivity contribution in [2.45, 2.75) is 26.3 Å². The summed E-state index contributed by atoms with van der Waals surface area (Å²) in [6, 6.07) is 0.697. The van der Waals surface area contributed by atoms with Crippen molar-refractivity contribution < 1.29 is 22.7 Å². The Labute approximate surface area is 90.0 Å². The lowest BCUT2D eigenvalue weighted by atomic mass is 10.3. The first-order valence-electron chi connectivity index (χ1n) is 4.63. The van der Waals surface area contributed by atoms with Gasteiger partial charge in [0.1, 0.15) is 11.9 Å². The smallest absolute Gasteiger partial charge is 0.357 e. The maximum absolute atomic E-state index is 12.3. The van der Waals surface area contributed by atoms with Crippen molar-refractivity contribution in [1.29, 1.82) is 0 Å². The van der Waals surface area contributed by atoms with E-state index in [0.29, 0.717) is 19.0 Å². The summed E-state index contributed by atoms with van der Waals surface area (Å²) in [4.78, 5) is 10.6. The fraction of sp³-hybridized carbons (Fsp3) is 0.556. The van der Waals surface area contributed by atoms with Gasteiger partial charge in [-0.25, -0.2) is 4.68 Å². The van der Waals surface area contributed by atoms with E-state index in [2.05, 4.69) is 5.10 Å². The van der Waals surface area contributed by atoms with Crippen molar-refractivity contribution in [3.05, 3.63) is 17.5 Å². The number of hydrogen-bond acceptors (Lipinski definition) is 3. The zero-order chi connectivity index (χ0) is 12.3. The zero-order valence-corrected chi connectivity index (χ0v) is 8.78. The van der Waals surface area contributed by atoms with Crippen LogP contribution in [-0.2, 0) is 10.9 Å². The standard InChI is InChI=1S/C9H11F3N2O2/c1-3-16-6(2)14-7(5-15)4-8(13-14)9(10,11)12/h4-6H,3H2,1-2H3. The number of alkyl halides is 3. The van der Waals surface area contributed by atoms with E-state index in [1.54, 1.807) is 6.92 Å². The van der Waals surface area contributed by atoms with E-state index >= 15 is 0 Å². The number of ether oxygens (including phenoxy) is 1. The SMILES string of the molecule is CCOC(C)n1nc(C(F)(F)F)cc1C=O. The van der Waals surface area contributed by atoms with E-state index in [1.165, 1.54) is 6.92 Å². The molecule has 1 rings (SSSR count). The lowest BCUT2D eigenvalue weighted by molar-refractivity contribution is -0.142. The van der Waals surface area contributed by atoms with E-state index < -0.39 is 18.1 Å². The number of aromatic nitrogens is 2. The van der Waals surface area contributed by atoms with E-state index in [1.807, 2.05) is 0 Å². The van der Waals surface area contributed by atoms with Gasteiger partial charge in [-0.05, 0) is 19.9 Å². The molecule has 1 unspecified atom stereocenters. The second-order valence-corrected chi connectivity index (χ2v) is 3.07. The minimum absolute atomic E-state index is 0.159. The molecular weight excluding hydrogens is 225 g/mol. The van der Waals surface area contributed by atoms with Gasteiger partial charge >= 0.3 is 6.18 Å². The maximum Gasteiger partial charge on any atom is 0.435 e. The van der Waals surface area contributed by atoms with Gasteiger partial charge < -0.3 is 4.74 Å². The Morgan fingerprint density at radius 3 is 2.69 bits per heavy atom. The number of carbonyl (C=O) groups excluding carboxylic acids is 1. The average Bonchev–Trinajstić information content (AvgIpc) is 2.61. The predicted molar refractivity (Wildman–Crippen MR) is 49.0 cm³/mol. The third-order valence-corrected chi connectivity index (χ3v) is 1.93. The molecule has 0 saturated carbocycles. The van der Waals surface area contributed by atoms with Crippen LogP contribution in [0.5, 0.6) is 0 Å². The summed E-state index contributed by atoms with van der Waals surface area (Å²) in [5.74, 6) is 0. The van der Waals surface area contributed by atoms with E-state index in [0.717, 1.165) is 4.68 Å². The summed E-state index contributed by atoms with van der Waals surface area (Å²) in [6.45, 7) is 3.54. The lowest BCUT2D eigenvalue weighted by Crippen LogP contribution is -2.15. The topological polar surface area (TPSA) is 44.1 Å². The van der Waals surface area contributed by atoms with Crippen molar-refractivity contribution in [1.82, 2.24) is 9.78 Å². The van der Waals surface area contributed by atoms with Gasteiger partial charge in [-0.1, -0.05) is 0 Å². The van der Waals surface area contributed by atoms with Crippen molar-refractivity contribution in [3.63, 3.8) is 0 Å². The number of hydrogen-bond donors (Lipinski definition) is 0. The highest BCUT2D eigenvalue weighted by atomic mass is 19.4. The average molecular weight is 236 g/mol. The molecule has 0 N–H and O–H groups in total. The van der Waals surface area contributed by atoms with Crippen LogP contribution in [0.1, 0.15) is 36.3 Å². The first-order valence-corrected chi connectivity index (χ1v) is 4.63. The Bertz CT molecular complexity index is 373. The van der Waals surface area contributed by atoms with Crippen molar-refractivity contribution in [2.24, 2.45) is 0 Å². The molecule has 4 nitrogen and oxygen atoms in total. The monoisotopic (exact) mass is 236 g/mol. The van der Waals surface area contributed by atoms with E-state index in [4.69, 9.17) is 4.74 Å². The molecule has 0 aliphatic heterocycles. The normalized spacial score (nSPS) is 13.8. The summed E-state index contributed by atoms with van der Waals surface area (Å²) in [7, 11) is 0. The quantitative estimate of drug-likeness (QED) is 0.753. The Balaban J connectivity index is 3.09. The Kier molecular flexibility index (Phi) is 3.69. The molecule has 1 heterocycles. The second kappa shape index (κ2) is 4.65. The summed E-state index contributed by atoms with van der Waals surface area (Å²) < 4.78 is 43.0. The minimum atomic E-state index is -4.56. The Morgan fingerprint density at radius 2 is 2.25 bits per heavy atom. The first-order chi connectivity index (χ1) is 7.40. The fourth-order valence-corrected chi connectivity index (χ4v) is 1.24. The molecule has 7 heteroatoms. The van der Waals surface area contributed by atoms with Gasteiger partial charge in [0.15, 0.2) is 12.0 Å². The van der Waals surface area contributed by atoms with Gasteiger partial charge in [0.25, 0.3) is 0 Å². The maximum atomic E-state index is 12.3. The van der Waals surface area contributed by atoms with Crippen molar-refractivity contribution in [2.75, 3.05) is 6.61 Å². The van der Waals surface area contributed by atoms with Crippen LogP contribution in [0.2, 0.25) is 0 Å². The third kappa shape index (κ3) is 2.60. The van der Waals surface area contributed by atoms with E-state index in [-0.39, 0.29) is 5.69 Å². The van der Waals surface area contributed by atoms with Gasteiger partial charge in [-0.3, -0.25) is 4.79 Å². The van der Waals surface area contributed by atoms with Gasteiger partial charge in [-0.15, -0.1) is 0 Å². The molecule has 0 saturated heterocycles. The number of halogens is 3. The number of carbonyl (C=O) groups is 1. The van der Waals surface area contributed by atoms with Crippen LogP contribution >= 0.6 is 0 Å². The fourth-order valence-electron chi connectivity index (χ4n) is 1.24. The minimum Gasteiger partial charge on any atom is -0.357 e. The first kappa shape index (κ1) is 12.7. The molecule has 0 fully saturated rings. The number of aldehydes is 1. The number of nitrogens with zero attached hydrogens (tertiary/aromatic N) is 2. The van der Waals surface area contributed by atoms with Gasteiger partial charge in [0.2, 0.25) is 0 Å². The van der Waals surface area contributed by atoms with Gasteiger partial charge in [0.05, 0.1) is 0 Å². The molecule has 1 aromatic rings. The van der Waals surface area contributed by atoms with Crippen LogP contribution in [0, 0.1) is 0 Å². The lowest BCUT2D eigenvalue weighted by Gasteiger charge is -2.13. The van der Waals surface area contributed by atoms with Crippen molar-refractivity contribution in [3.8, 4) is 0 Å². The van der Waals surface area contributed by atoms with Crippen LogP contribution in [0.25, 0.3) is 0 Å². The molecule has 0 aliphatic rings. The van der Waals surface area contributed by atoms with Crippen molar-refractivity contribution >= 4 is 6.29 Å². The van der Waals surface area contributed by atoms with Crippen LogP contribution in [-0.4, -0.2) is 22.7 Å². The predicted octanol–water partition coefficient (Wildman–Crippen LogP) is 2.27.